The molecule has 0 heterocycles. The van der Waals surface area contributed by atoms with Gasteiger partial charge in [0.05, 0.1) is 0 Å². The van der Waals surface area contributed by atoms with Gasteiger partial charge in [0.2, 0.25) is 0 Å². The first kappa shape index (κ1) is 13.7. The van der Waals surface area contributed by atoms with Crippen molar-refractivity contribution in [2.24, 2.45) is 0 Å². The van der Waals surface area contributed by atoms with E-state index in [0.717, 1.165) is 16.5 Å². The highest BCUT2D eigenvalue weighted by molar-refractivity contribution is 9.10. The van der Waals surface area contributed by atoms with Crippen LogP contribution in [-0.2, 0) is 21.3 Å². The Kier molecular flexibility index (Phi) is 6.01. The van der Waals surface area contributed by atoms with Gasteiger partial charge in [-0.3, -0.25) is 4.21 Å². The summed E-state index contributed by atoms with van der Waals surface area (Å²) in [6, 6.07) is 5.64. The minimum absolute atomic E-state index is 0.549. The van der Waals surface area contributed by atoms with Crippen molar-refractivity contribution in [1.29, 1.82) is 0 Å². The van der Waals surface area contributed by atoms with Crippen LogP contribution in [0.3, 0.4) is 0 Å². The molecule has 0 saturated heterocycles. The number of hydrogen-bond acceptors (Lipinski definition) is 3. The van der Waals surface area contributed by atoms with Gasteiger partial charge >= 0.3 is 0 Å². The van der Waals surface area contributed by atoms with Crippen LogP contribution in [0.5, 0.6) is 0 Å². The fourth-order valence-electron chi connectivity index (χ4n) is 1.38. The molecule has 90 valence electrons. The molecule has 0 saturated carbocycles. The quantitative estimate of drug-likeness (QED) is 0.648. The fourth-order valence-corrected chi connectivity index (χ4v) is 3.06. The zero-order valence-electron chi connectivity index (χ0n) is 9.24. The molecule has 0 aromatic heterocycles. The number of rotatable bonds is 6. The van der Waals surface area contributed by atoms with E-state index in [1.54, 1.807) is 7.11 Å². The average molecular weight is 306 g/mol. The molecule has 0 spiro atoms. The lowest BCUT2D eigenvalue weighted by Crippen LogP contribution is -2.04. The van der Waals surface area contributed by atoms with E-state index >= 15 is 0 Å². The van der Waals surface area contributed by atoms with Gasteiger partial charge in [0.25, 0.3) is 0 Å². The third kappa shape index (κ3) is 5.09. The molecule has 1 aromatic rings. The largest absolute Gasteiger partial charge is 0.399 e. The summed E-state index contributed by atoms with van der Waals surface area (Å²) < 4.78 is 17.6. The summed E-state index contributed by atoms with van der Waals surface area (Å²) in [5.41, 5.74) is 7.40. The minimum Gasteiger partial charge on any atom is -0.399 e. The molecule has 1 atom stereocenters. The lowest BCUT2D eigenvalue weighted by Gasteiger charge is -2.04. The highest BCUT2D eigenvalue weighted by atomic mass is 79.9. The maximum Gasteiger partial charge on any atom is 0.0486 e. The third-order valence-corrected chi connectivity index (χ3v) is 3.89. The summed E-state index contributed by atoms with van der Waals surface area (Å²) in [6.45, 7) is 0.659. The zero-order chi connectivity index (χ0) is 12.0. The summed E-state index contributed by atoms with van der Waals surface area (Å²) in [5.74, 6) is 1.22. The first-order valence-electron chi connectivity index (χ1n) is 5.00. The number of hydrogen-bond donors (Lipinski definition) is 1. The topological polar surface area (TPSA) is 52.3 Å². The van der Waals surface area contributed by atoms with Crippen LogP contribution in [0.15, 0.2) is 22.7 Å². The Morgan fingerprint density at radius 2 is 2.19 bits per heavy atom. The summed E-state index contributed by atoms with van der Waals surface area (Å²) in [6.07, 6.45) is 0.826. The van der Waals surface area contributed by atoms with Gasteiger partial charge in [-0.1, -0.05) is 15.9 Å². The monoisotopic (exact) mass is 305 g/mol. The Hall–Kier alpha value is -0.390. The average Bonchev–Trinajstić information content (AvgIpc) is 2.16. The molecule has 1 aromatic carbocycles. The molecule has 3 nitrogen and oxygen atoms in total. The van der Waals surface area contributed by atoms with Crippen molar-refractivity contribution in [3.8, 4) is 0 Å². The molecule has 0 aliphatic heterocycles. The summed E-state index contributed by atoms with van der Waals surface area (Å²) in [7, 11) is 0.805. The highest BCUT2D eigenvalue weighted by Gasteiger charge is 2.03. The van der Waals surface area contributed by atoms with Gasteiger partial charge in [0, 0.05) is 46.2 Å². The Morgan fingerprint density at radius 1 is 1.44 bits per heavy atom. The van der Waals surface area contributed by atoms with Crippen LogP contribution in [0.1, 0.15) is 12.0 Å². The van der Waals surface area contributed by atoms with Crippen molar-refractivity contribution in [1.82, 2.24) is 0 Å². The van der Waals surface area contributed by atoms with Crippen LogP contribution in [0.4, 0.5) is 5.69 Å². The van der Waals surface area contributed by atoms with Gasteiger partial charge < -0.3 is 10.5 Å². The van der Waals surface area contributed by atoms with Crippen molar-refractivity contribution >= 4 is 32.4 Å². The normalized spacial score (nSPS) is 12.6. The first-order chi connectivity index (χ1) is 7.61. The molecule has 1 rings (SSSR count). The summed E-state index contributed by atoms with van der Waals surface area (Å²) in [4.78, 5) is 0. The second-order valence-corrected chi connectivity index (χ2v) is 6.02. The Labute approximate surface area is 107 Å². The van der Waals surface area contributed by atoms with E-state index in [1.165, 1.54) is 0 Å². The van der Waals surface area contributed by atoms with Gasteiger partial charge in [0.1, 0.15) is 0 Å². The molecule has 1 unspecified atom stereocenters. The van der Waals surface area contributed by atoms with Gasteiger partial charge in [-0.2, -0.15) is 0 Å². The number of methoxy groups -OCH3 is 1. The smallest absolute Gasteiger partial charge is 0.0486 e. The SMILES string of the molecule is COCCCS(=O)Cc1cc(N)cc(Br)c1. The molecule has 16 heavy (non-hydrogen) atoms. The molecule has 0 aliphatic rings. The number of benzene rings is 1. The second kappa shape index (κ2) is 7.04. The van der Waals surface area contributed by atoms with Crippen molar-refractivity contribution in [3.05, 3.63) is 28.2 Å². The van der Waals surface area contributed by atoms with E-state index in [4.69, 9.17) is 10.5 Å². The Morgan fingerprint density at radius 3 is 2.81 bits per heavy atom. The van der Waals surface area contributed by atoms with Crippen LogP contribution in [0, 0.1) is 0 Å². The van der Waals surface area contributed by atoms with Crippen LogP contribution in [0.25, 0.3) is 0 Å². The molecule has 0 aliphatic carbocycles. The van der Waals surface area contributed by atoms with Crippen LogP contribution < -0.4 is 5.73 Å². The van der Waals surface area contributed by atoms with E-state index in [-0.39, 0.29) is 0 Å². The van der Waals surface area contributed by atoms with E-state index in [1.807, 2.05) is 18.2 Å². The number of nitrogen functional groups attached to an aromatic ring is 1. The summed E-state index contributed by atoms with van der Waals surface area (Å²) >= 11 is 3.37. The number of anilines is 1. The zero-order valence-corrected chi connectivity index (χ0v) is 11.6. The molecule has 0 amide bonds. The van der Waals surface area contributed by atoms with Crippen LogP contribution in [0.2, 0.25) is 0 Å². The maximum absolute atomic E-state index is 11.7. The first-order valence-corrected chi connectivity index (χ1v) is 7.29. The number of ether oxygens (including phenoxy) is 1. The summed E-state index contributed by atoms with van der Waals surface area (Å²) in [5, 5.41) is 0. The van der Waals surface area contributed by atoms with Gasteiger partial charge in [0.15, 0.2) is 0 Å². The minimum atomic E-state index is -0.845. The number of nitrogens with two attached hydrogens (primary N) is 1. The van der Waals surface area contributed by atoms with Gasteiger partial charge in [-0.15, -0.1) is 0 Å². The predicted octanol–water partition coefficient (Wildman–Crippen LogP) is 2.32. The van der Waals surface area contributed by atoms with E-state index in [9.17, 15) is 4.21 Å². The van der Waals surface area contributed by atoms with E-state index in [2.05, 4.69) is 15.9 Å². The van der Waals surface area contributed by atoms with Gasteiger partial charge in [-0.25, -0.2) is 0 Å². The molecular weight excluding hydrogens is 290 g/mol. The van der Waals surface area contributed by atoms with Crippen LogP contribution in [-0.4, -0.2) is 23.7 Å². The third-order valence-electron chi connectivity index (χ3n) is 2.03. The molecular formula is C11H16BrNO2S. The molecule has 0 fully saturated rings. The van der Waals surface area contributed by atoms with E-state index in [0.29, 0.717) is 23.8 Å². The second-order valence-electron chi connectivity index (χ2n) is 3.53. The predicted molar refractivity (Wildman–Crippen MR) is 71.8 cm³/mol. The standard InChI is InChI=1S/C11H16BrNO2S/c1-15-3-2-4-16(14)8-9-5-10(12)7-11(13)6-9/h5-7H,2-4,8,13H2,1H3. The Bertz CT molecular complexity index is 351. The number of halogens is 1. The van der Waals surface area contributed by atoms with Gasteiger partial charge in [-0.05, 0) is 30.2 Å². The fraction of sp³-hybridized carbons (Fsp3) is 0.455. The highest BCUT2D eigenvalue weighted by Crippen LogP contribution is 2.18. The maximum atomic E-state index is 11.7. The van der Waals surface area contributed by atoms with Crippen molar-refractivity contribution in [2.45, 2.75) is 12.2 Å². The van der Waals surface area contributed by atoms with Crippen LogP contribution >= 0.6 is 15.9 Å². The lowest BCUT2D eigenvalue weighted by atomic mass is 10.2. The van der Waals surface area contributed by atoms with Crippen molar-refractivity contribution in [3.63, 3.8) is 0 Å². The van der Waals surface area contributed by atoms with E-state index < -0.39 is 10.8 Å². The van der Waals surface area contributed by atoms with Crippen molar-refractivity contribution < 1.29 is 8.95 Å². The molecule has 0 radical (unpaired) electrons. The molecule has 0 bridgehead atoms. The lowest BCUT2D eigenvalue weighted by molar-refractivity contribution is 0.200. The molecule has 5 heteroatoms. The molecule has 2 N–H and O–H groups in total. The Balaban J connectivity index is 2.49. The van der Waals surface area contributed by atoms with Crippen molar-refractivity contribution in [2.75, 3.05) is 25.2 Å².